The molecular formula is C17H27P. The molecule has 1 heterocycles. The SMILES string of the molecule is CCCC1CCC(CCC)P1Cc1ccccc1. The van der Waals surface area contributed by atoms with Crippen molar-refractivity contribution in [3.63, 3.8) is 0 Å². The minimum Gasteiger partial charge on any atom is -0.0958 e. The van der Waals surface area contributed by atoms with Crippen LogP contribution in [-0.2, 0) is 6.16 Å². The summed E-state index contributed by atoms with van der Waals surface area (Å²) >= 11 is 0. The van der Waals surface area contributed by atoms with E-state index in [9.17, 15) is 0 Å². The van der Waals surface area contributed by atoms with E-state index in [1.54, 1.807) is 5.56 Å². The van der Waals surface area contributed by atoms with Crippen LogP contribution in [0.15, 0.2) is 30.3 Å². The zero-order valence-electron chi connectivity index (χ0n) is 11.9. The molecule has 0 saturated carbocycles. The molecule has 1 fully saturated rings. The Morgan fingerprint density at radius 2 is 1.50 bits per heavy atom. The highest BCUT2D eigenvalue weighted by Crippen LogP contribution is 2.60. The summed E-state index contributed by atoms with van der Waals surface area (Å²) in [4.78, 5) is 0. The molecule has 0 spiro atoms. The van der Waals surface area contributed by atoms with E-state index in [4.69, 9.17) is 0 Å². The molecule has 1 heteroatoms. The summed E-state index contributed by atoms with van der Waals surface area (Å²) in [7, 11) is 0.240. The minimum absolute atomic E-state index is 0.240. The Balaban J connectivity index is 2.03. The lowest BCUT2D eigenvalue weighted by Gasteiger charge is -2.26. The fourth-order valence-electron chi connectivity index (χ4n) is 3.35. The summed E-state index contributed by atoms with van der Waals surface area (Å²) in [5.41, 5.74) is 3.69. The molecule has 0 aromatic heterocycles. The molecule has 18 heavy (non-hydrogen) atoms. The van der Waals surface area contributed by atoms with Crippen molar-refractivity contribution in [1.82, 2.24) is 0 Å². The van der Waals surface area contributed by atoms with Gasteiger partial charge in [0.25, 0.3) is 0 Å². The maximum atomic E-state index is 2.35. The first kappa shape index (κ1) is 14.1. The van der Waals surface area contributed by atoms with Gasteiger partial charge in [0, 0.05) is 0 Å². The highest BCUT2D eigenvalue weighted by atomic mass is 31.1. The highest BCUT2D eigenvalue weighted by molar-refractivity contribution is 7.58. The van der Waals surface area contributed by atoms with Crippen molar-refractivity contribution in [3.05, 3.63) is 35.9 Å². The van der Waals surface area contributed by atoms with Crippen molar-refractivity contribution < 1.29 is 0 Å². The van der Waals surface area contributed by atoms with Crippen molar-refractivity contribution in [1.29, 1.82) is 0 Å². The Hall–Kier alpha value is -0.350. The summed E-state index contributed by atoms with van der Waals surface area (Å²) in [6.07, 6.45) is 10.1. The second kappa shape index (κ2) is 7.29. The van der Waals surface area contributed by atoms with E-state index < -0.39 is 0 Å². The van der Waals surface area contributed by atoms with Crippen molar-refractivity contribution in [2.75, 3.05) is 0 Å². The quantitative estimate of drug-likeness (QED) is 0.568. The van der Waals surface area contributed by atoms with Crippen LogP contribution in [0.3, 0.4) is 0 Å². The summed E-state index contributed by atoms with van der Waals surface area (Å²) in [5.74, 6) is 0. The molecule has 2 rings (SSSR count). The minimum atomic E-state index is 0.240. The standard InChI is InChI=1S/C17H27P/c1-3-8-16-12-13-17(9-4-2)18(16)14-15-10-6-5-7-11-15/h5-7,10-11,16-17H,3-4,8-9,12-14H2,1-2H3. The highest BCUT2D eigenvalue weighted by Gasteiger charge is 2.33. The Morgan fingerprint density at radius 1 is 0.944 bits per heavy atom. The second-order valence-corrected chi connectivity index (χ2v) is 8.43. The third-order valence-electron chi connectivity index (χ3n) is 4.22. The molecule has 0 amide bonds. The molecule has 1 aromatic rings. The molecular weight excluding hydrogens is 235 g/mol. The van der Waals surface area contributed by atoms with Gasteiger partial charge in [0.05, 0.1) is 0 Å². The average molecular weight is 262 g/mol. The van der Waals surface area contributed by atoms with Crippen LogP contribution in [-0.4, -0.2) is 11.3 Å². The van der Waals surface area contributed by atoms with Gasteiger partial charge in [-0.05, 0) is 48.7 Å². The van der Waals surface area contributed by atoms with Gasteiger partial charge in [-0.3, -0.25) is 0 Å². The van der Waals surface area contributed by atoms with Gasteiger partial charge >= 0.3 is 0 Å². The van der Waals surface area contributed by atoms with Gasteiger partial charge in [0.2, 0.25) is 0 Å². The molecule has 1 aromatic carbocycles. The summed E-state index contributed by atoms with van der Waals surface area (Å²) in [5, 5.41) is 0. The zero-order valence-corrected chi connectivity index (χ0v) is 12.8. The maximum Gasteiger partial charge on any atom is -0.00681 e. The average Bonchev–Trinajstić information content (AvgIpc) is 2.75. The second-order valence-electron chi connectivity index (χ2n) is 5.62. The van der Waals surface area contributed by atoms with Crippen LogP contribution in [0.4, 0.5) is 0 Å². The van der Waals surface area contributed by atoms with Crippen LogP contribution in [0, 0.1) is 0 Å². The monoisotopic (exact) mass is 262 g/mol. The first-order valence-corrected chi connectivity index (χ1v) is 9.31. The molecule has 0 nitrogen and oxygen atoms in total. The zero-order chi connectivity index (χ0) is 12.8. The van der Waals surface area contributed by atoms with Crippen LogP contribution in [0.25, 0.3) is 0 Å². The van der Waals surface area contributed by atoms with Gasteiger partial charge in [0.15, 0.2) is 0 Å². The Labute approximate surface area is 114 Å². The smallest absolute Gasteiger partial charge is 0.00681 e. The summed E-state index contributed by atoms with van der Waals surface area (Å²) < 4.78 is 0. The molecule has 1 saturated heterocycles. The van der Waals surface area contributed by atoms with Crippen LogP contribution in [0.2, 0.25) is 0 Å². The molecule has 100 valence electrons. The topological polar surface area (TPSA) is 0 Å². The third-order valence-corrected chi connectivity index (χ3v) is 7.86. The van der Waals surface area contributed by atoms with Crippen LogP contribution < -0.4 is 0 Å². The van der Waals surface area contributed by atoms with Crippen LogP contribution in [0.5, 0.6) is 0 Å². The van der Waals surface area contributed by atoms with E-state index in [0.717, 1.165) is 11.3 Å². The number of hydrogen-bond acceptors (Lipinski definition) is 0. The molecule has 0 bridgehead atoms. The lowest BCUT2D eigenvalue weighted by molar-refractivity contribution is 0.649. The molecule has 0 N–H and O–H groups in total. The Kier molecular flexibility index (Phi) is 5.70. The molecule has 1 aliphatic rings. The lowest BCUT2D eigenvalue weighted by atomic mass is 10.1. The van der Waals surface area contributed by atoms with Gasteiger partial charge < -0.3 is 0 Å². The molecule has 0 aliphatic carbocycles. The van der Waals surface area contributed by atoms with E-state index in [0.29, 0.717) is 0 Å². The van der Waals surface area contributed by atoms with Gasteiger partial charge in [-0.15, -0.1) is 0 Å². The molecule has 2 atom stereocenters. The predicted molar refractivity (Wildman–Crippen MR) is 83.7 cm³/mol. The fourth-order valence-corrected chi connectivity index (χ4v) is 7.24. The summed E-state index contributed by atoms with van der Waals surface area (Å²) in [6.45, 7) is 4.70. The van der Waals surface area contributed by atoms with Gasteiger partial charge in [0.1, 0.15) is 0 Å². The maximum absolute atomic E-state index is 2.35. The van der Waals surface area contributed by atoms with Crippen molar-refractivity contribution in [2.24, 2.45) is 0 Å². The van der Waals surface area contributed by atoms with Crippen LogP contribution in [0.1, 0.15) is 57.9 Å². The first-order chi connectivity index (χ1) is 8.85. The Morgan fingerprint density at radius 3 is 2.00 bits per heavy atom. The van der Waals surface area contributed by atoms with E-state index in [2.05, 4.69) is 44.2 Å². The van der Waals surface area contributed by atoms with Gasteiger partial charge in [-0.2, -0.15) is 0 Å². The number of rotatable bonds is 6. The van der Waals surface area contributed by atoms with E-state index >= 15 is 0 Å². The van der Waals surface area contributed by atoms with E-state index in [-0.39, 0.29) is 7.92 Å². The van der Waals surface area contributed by atoms with Crippen molar-refractivity contribution >= 4 is 7.92 Å². The van der Waals surface area contributed by atoms with E-state index in [1.165, 1.54) is 44.7 Å². The van der Waals surface area contributed by atoms with Gasteiger partial charge in [-0.25, -0.2) is 0 Å². The number of benzene rings is 1. The third kappa shape index (κ3) is 3.58. The van der Waals surface area contributed by atoms with E-state index in [1.807, 2.05) is 0 Å². The summed E-state index contributed by atoms with van der Waals surface area (Å²) in [6, 6.07) is 11.2. The largest absolute Gasteiger partial charge is 0.0958 e. The van der Waals surface area contributed by atoms with Gasteiger partial charge in [-0.1, -0.05) is 64.9 Å². The fraction of sp³-hybridized carbons (Fsp3) is 0.647. The Bertz CT molecular complexity index is 319. The predicted octanol–water partition coefficient (Wildman–Crippen LogP) is 5.80. The van der Waals surface area contributed by atoms with Crippen molar-refractivity contribution in [3.8, 4) is 0 Å². The normalized spacial score (nSPS) is 27.6. The molecule has 1 aliphatic heterocycles. The number of hydrogen-bond donors (Lipinski definition) is 0. The molecule has 2 unspecified atom stereocenters. The first-order valence-electron chi connectivity index (χ1n) is 7.64. The molecule has 0 radical (unpaired) electrons. The lowest BCUT2D eigenvalue weighted by Crippen LogP contribution is -2.06. The van der Waals surface area contributed by atoms with Crippen molar-refractivity contribution in [2.45, 2.75) is 69.9 Å². The van der Waals surface area contributed by atoms with Crippen LogP contribution >= 0.6 is 7.92 Å².